The average Bonchev–Trinajstić information content (AvgIpc) is 2.76. The highest BCUT2D eigenvalue weighted by atomic mass is 14.7. The largest absolute Gasteiger partial charge is 0.354 e. The Morgan fingerprint density at radius 1 is 1.00 bits per heavy atom. The fourth-order valence-corrected chi connectivity index (χ4v) is 2.17. The molecular formula is C16H14N2. The Hall–Kier alpha value is -2.24. The minimum absolute atomic E-state index is 0.613. The zero-order valence-electron chi connectivity index (χ0n) is 10.0. The van der Waals surface area contributed by atoms with Gasteiger partial charge in [0.2, 0.25) is 0 Å². The summed E-state index contributed by atoms with van der Waals surface area (Å²) in [5.41, 5.74) is 8.76. The number of aromatic amines is 1. The molecule has 2 aromatic carbocycles. The van der Waals surface area contributed by atoms with Crippen molar-refractivity contribution in [1.29, 1.82) is 0 Å². The number of nitrogens with two attached hydrogens (primary N) is 1. The molecule has 3 rings (SSSR count). The van der Waals surface area contributed by atoms with E-state index in [4.69, 9.17) is 5.73 Å². The standard InChI is InChI=1S/C16H14N2/c17-10-4-3-5-12-8-9-14-13-6-1-2-7-15(13)18-16(14)11-12/h1-2,6-9,11,18H,4,10,17H2. The highest BCUT2D eigenvalue weighted by Crippen LogP contribution is 2.25. The van der Waals surface area contributed by atoms with Gasteiger partial charge in [0.05, 0.1) is 0 Å². The third-order valence-electron chi connectivity index (χ3n) is 3.01. The second kappa shape index (κ2) is 4.56. The zero-order chi connectivity index (χ0) is 12.4. The van der Waals surface area contributed by atoms with Crippen LogP contribution in [0.5, 0.6) is 0 Å². The summed E-state index contributed by atoms with van der Waals surface area (Å²) < 4.78 is 0. The lowest BCUT2D eigenvalue weighted by Gasteiger charge is -1.92. The summed E-state index contributed by atoms with van der Waals surface area (Å²) in [6, 6.07) is 14.6. The van der Waals surface area contributed by atoms with Gasteiger partial charge in [0.15, 0.2) is 0 Å². The van der Waals surface area contributed by atoms with Gasteiger partial charge < -0.3 is 10.7 Å². The number of benzene rings is 2. The topological polar surface area (TPSA) is 41.8 Å². The highest BCUT2D eigenvalue weighted by molar-refractivity contribution is 6.07. The summed E-state index contributed by atoms with van der Waals surface area (Å²) in [6.45, 7) is 0.613. The lowest BCUT2D eigenvalue weighted by Crippen LogP contribution is -1.95. The van der Waals surface area contributed by atoms with Crippen LogP contribution in [-0.2, 0) is 0 Å². The fraction of sp³-hybridized carbons (Fsp3) is 0.125. The van der Waals surface area contributed by atoms with E-state index in [2.05, 4.69) is 53.2 Å². The molecule has 0 spiro atoms. The maximum atomic E-state index is 5.43. The molecule has 0 saturated heterocycles. The SMILES string of the molecule is NCCC#Cc1ccc2c(c1)[nH]c1ccccc12. The van der Waals surface area contributed by atoms with Crippen LogP contribution in [0.2, 0.25) is 0 Å². The molecule has 0 radical (unpaired) electrons. The molecule has 3 aromatic rings. The van der Waals surface area contributed by atoms with E-state index in [0.29, 0.717) is 6.54 Å². The molecule has 18 heavy (non-hydrogen) atoms. The van der Waals surface area contributed by atoms with Crippen molar-refractivity contribution < 1.29 is 0 Å². The number of aromatic nitrogens is 1. The third kappa shape index (κ3) is 1.85. The first-order valence-electron chi connectivity index (χ1n) is 6.08. The van der Waals surface area contributed by atoms with Crippen LogP contribution in [0.4, 0.5) is 0 Å². The normalized spacial score (nSPS) is 10.5. The summed E-state index contributed by atoms with van der Waals surface area (Å²) in [7, 11) is 0. The lowest BCUT2D eigenvalue weighted by molar-refractivity contribution is 1.03. The van der Waals surface area contributed by atoms with Gasteiger partial charge >= 0.3 is 0 Å². The van der Waals surface area contributed by atoms with Crippen LogP contribution >= 0.6 is 0 Å². The number of hydrogen-bond acceptors (Lipinski definition) is 1. The molecule has 2 nitrogen and oxygen atoms in total. The number of fused-ring (bicyclic) bond motifs is 3. The Morgan fingerprint density at radius 3 is 2.72 bits per heavy atom. The van der Waals surface area contributed by atoms with E-state index in [-0.39, 0.29) is 0 Å². The molecular weight excluding hydrogens is 220 g/mol. The molecule has 0 unspecified atom stereocenters. The first kappa shape index (κ1) is 10.9. The Kier molecular flexibility index (Phi) is 2.76. The quantitative estimate of drug-likeness (QED) is 0.624. The first-order chi connectivity index (χ1) is 8.88. The Bertz CT molecular complexity index is 757. The van der Waals surface area contributed by atoms with Crippen molar-refractivity contribution >= 4 is 21.8 Å². The van der Waals surface area contributed by atoms with E-state index in [1.54, 1.807) is 0 Å². The van der Waals surface area contributed by atoms with E-state index >= 15 is 0 Å². The van der Waals surface area contributed by atoms with Crippen molar-refractivity contribution in [3.63, 3.8) is 0 Å². The Labute approximate surface area is 106 Å². The zero-order valence-corrected chi connectivity index (χ0v) is 10.0. The molecule has 1 aromatic heterocycles. The monoisotopic (exact) mass is 234 g/mol. The smallest absolute Gasteiger partial charge is 0.0477 e. The molecule has 2 heteroatoms. The van der Waals surface area contributed by atoms with E-state index in [1.807, 2.05) is 6.07 Å². The van der Waals surface area contributed by atoms with Crippen molar-refractivity contribution in [1.82, 2.24) is 4.98 Å². The Morgan fingerprint density at radius 2 is 1.83 bits per heavy atom. The summed E-state index contributed by atoms with van der Waals surface area (Å²) in [5.74, 6) is 6.19. The van der Waals surface area contributed by atoms with Crippen LogP contribution in [0.1, 0.15) is 12.0 Å². The first-order valence-corrected chi connectivity index (χ1v) is 6.08. The number of hydrogen-bond donors (Lipinski definition) is 2. The summed E-state index contributed by atoms with van der Waals surface area (Å²) in [5, 5.41) is 2.50. The highest BCUT2D eigenvalue weighted by Gasteiger charge is 2.02. The summed E-state index contributed by atoms with van der Waals surface area (Å²) >= 11 is 0. The molecule has 1 heterocycles. The molecule has 0 aliphatic rings. The maximum absolute atomic E-state index is 5.43. The van der Waals surface area contributed by atoms with Gasteiger partial charge in [0.1, 0.15) is 0 Å². The molecule has 0 bridgehead atoms. The van der Waals surface area contributed by atoms with Gasteiger partial charge in [-0.1, -0.05) is 36.1 Å². The minimum Gasteiger partial charge on any atom is -0.354 e. The molecule has 0 amide bonds. The van der Waals surface area contributed by atoms with Gasteiger partial charge in [-0.15, -0.1) is 0 Å². The van der Waals surface area contributed by atoms with Gasteiger partial charge in [-0.25, -0.2) is 0 Å². The molecule has 3 N–H and O–H groups in total. The van der Waals surface area contributed by atoms with Crippen LogP contribution in [0.15, 0.2) is 42.5 Å². The van der Waals surface area contributed by atoms with Crippen molar-refractivity contribution in [3.05, 3.63) is 48.0 Å². The van der Waals surface area contributed by atoms with Crippen LogP contribution in [0, 0.1) is 11.8 Å². The van der Waals surface area contributed by atoms with Crippen molar-refractivity contribution in [2.75, 3.05) is 6.54 Å². The lowest BCUT2D eigenvalue weighted by atomic mass is 10.1. The molecule has 0 fully saturated rings. The van der Waals surface area contributed by atoms with Crippen LogP contribution in [-0.4, -0.2) is 11.5 Å². The van der Waals surface area contributed by atoms with Crippen LogP contribution in [0.25, 0.3) is 21.8 Å². The third-order valence-corrected chi connectivity index (χ3v) is 3.01. The van der Waals surface area contributed by atoms with E-state index in [1.165, 1.54) is 16.3 Å². The van der Waals surface area contributed by atoms with Gasteiger partial charge in [0, 0.05) is 40.3 Å². The van der Waals surface area contributed by atoms with E-state index in [9.17, 15) is 0 Å². The van der Waals surface area contributed by atoms with E-state index in [0.717, 1.165) is 17.5 Å². The molecule has 0 aliphatic carbocycles. The number of rotatable bonds is 1. The molecule has 0 atom stereocenters. The summed E-state index contributed by atoms with van der Waals surface area (Å²) in [4.78, 5) is 3.42. The molecule has 0 saturated carbocycles. The van der Waals surface area contributed by atoms with Crippen molar-refractivity contribution in [3.8, 4) is 11.8 Å². The Balaban J connectivity index is 2.13. The van der Waals surface area contributed by atoms with Crippen molar-refractivity contribution in [2.45, 2.75) is 6.42 Å². The average molecular weight is 234 g/mol. The van der Waals surface area contributed by atoms with Crippen LogP contribution < -0.4 is 5.73 Å². The second-order valence-electron chi connectivity index (χ2n) is 4.27. The summed E-state index contributed by atoms with van der Waals surface area (Å²) in [6.07, 6.45) is 0.741. The number of nitrogens with one attached hydrogen (secondary N) is 1. The number of para-hydroxylation sites is 1. The van der Waals surface area contributed by atoms with E-state index < -0.39 is 0 Å². The van der Waals surface area contributed by atoms with Crippen molar-refractivity contribution in [2.24, 2.45) is 5.73 Å². The van der Waals surface area contributed by atoms with Gasteiger partial charge in [-0.05, 0) is 18.2 Å². The van der Waals surface area contributed by atoms with Gasteiger partial charge in [-0.2, -0.15) is 0 Å². The predicted octanol–water partition coefficient (Wildman–Crippen LogP) is 3.02. The predicted molar refractivity (Wildman–Crippen MR) is 76.4 cm³/mol. The minimum atomic E-state index is 0.613. The van der Waals surface area contributed by atoms with Crippen LogP contribution in [0.3, 0.4) is 0 Å². The van der Waals surface area contributed by atoms with Gasteiger partial charge in [-0.3, -0.25) is 0 Å². The maximum Gasteiger partial charge on any atom is 0.0477 e. The van der Waals surface area contributed by atoms with Gasteiger partial charge in [0.25, 0.3) is 0 Å². The number of H-pyrrole nitrogens is 1. The fourth-order valence-electron chi connectivity index (χ4n) is 2.17. The second-order valence-corrected chi connectivity index (χ2v) is 4.27. The molecule has 0 aliphatic heterocycles. The molecule has 88 valence electrons.